The van der Waals surface area contributed by atoms with Crippen molar-refractivity contribution < 1.29 is 9.90 Å². The normalized spacial score (nSPS) is 10.7. The maximum Gasteiger partial charge on any atom is 0.254 e. The summed E-state index contributed by atoms with van der Waals surface area (Å²) in [5.74, 6) is -0.112. The summed E-state index contributed by atoms with van der Waals surface area (Å²) in [5, 5.41) is 12.0. The van der Waals surface area contributed by atoms with Gasteiger partial charge in [-0.25, -0.2) is 4.98 Å². The smallest absolute Gasteiger partial charge is 0.254 e. The van der Waals surface area contributed by atoms with Crippen molar-refractivity contribution in [1.29, 1.82) is 0 Å². The molecule has 134 valence electrons. The Balaban J connectivity index is 1.80. The number of rotatable bonds is 6. The van der Waals surface area contributed by atoms with E-state index in [0.717, 1.165) is 27.5 Å². The molecule has 2 aromatic heterocycles. The van der Waals surface area contributed by atoms with E-state index >= 15 is 0 Å². The molecule has 0 aliphatic rings. The fourth-order valence-electron chi connectivity index (χ4n) is 2.83. The molecule has 0 unspecified atom stereocenters. The third kappa shape index (κ3) is 4.15. The molecule has 5 nitrogen and oxygen atoms in total. The maximum atomic E-state index is 12.8. The molecule has 0 bridgehead atoms. The van der Waals surface area contributed by atoms with Gasteiger partial charge in [0.2, 0.25) is 0 Å². The number of benzene rings is 1. The molecule has 1 N–H and O–H groups in total. The van der Waals surface area contributed by atoms with Crippen LogP contribution in [-0.4, -0.2) is 39.0 Å². The Kier molecular flexibility index (Phi) is 5.75. The molecular weight excluding hydrogens is 346 g/mol. The number of pyridine rings is 1. The number of carbonyl (C=O) groups excluding carboxylic acids is 1. The largest absolute Gasteiger partial charge is 0.395 e. The zero-order chi connectivity index (χ0) is 18.5. The highest BCUT2D eigenvalue weighted by atomic mass is 32.1. The molecule has 1 aromatic carbocycles. The number of aromatic nitrogens is 2. The highest BCUT2D eigenvalue weighted by molar-refractivity contribution is 7.09. The number of thiazole rings is 1. The molecule has 0 saturated carbocycles. The summed E-state index contributed by atoms with van der Waals surface area (Å²) in [6, 6.07) is 11.6. The van der Waals surface area contributed by atoms with Crippen LogP contribution < -0.4 is 0 Å². The van der Waals surface area contributed by atoms with Crippen LogP contribution in [0.15, 0.2) is 48.0 Å². The quantitative estimate of drug-likeness (QED) is 0.725. The van der Waals surface area contributed by atoms with Gasteiger partial charge < -0.3 is 10.0 Å². The molecule has 1 amide bonds. The molecule has 0 aliphatic carbocycles. The number of hydrogen-bond donors (Lipinski definition) is 1. The van der Waals surface area contributed by atoms with Crippen LogP contribution in [0.2, 0.25) is 0 Å². The molecule has 0 radical (unpaired) electrons. The van der Waals surface area contributed by atoms with Gasteiger partial charge >= 0.3 is 0 Å². The van der Waals surface area contributed by atoms with Crippen molar-refractivity contribution in [3.63, 3.8) is 0 Å². The first-order valence-corrected chi connectivity index (χ1v) is 9.29. The van der Waals surface area contributed by atoms with Crippen LogP contribution in [0.3, 0.4) is 0 Å². The van der Waals surface area contributed by atoms with Crippen LogP contribution in [0.5, 0.6) is 0 Å². The minimum atomic E-state index is -0.112. The number of hydrogen-bond acceptors (Lipinski definition) is 5. The van der Waals surface area contributed by atoms with Gasteiger partial charge in [-0.15, -0.1) is 11.3 Å². The maximum absolute atomic E-state index is 12.8. The standard InChI is InChI=1S/C20H21N3O2S/c1-14-3-8-18(15(2)22-14)16-4-6-17(7-5-16)20(25)23(10-11-24)13-19-21-9-12-26-19/h3-9,12,24H,10-11,13H2,1-2H3. The first-order valence-electron chi connectivity index (χ1n) is 8.41. The molecule has 3 aromatic rings. The average Bonchev–Trinajstić information content (AvgIpc) is 3.14. The molecule has 3 rings (SSSR count). The predicted molar refractivity (Wildman–Crippen MR) is 103 cm³/mol. The lowest BCUT2D eigenvalue weighted by Gasteiger charge is -2.20. The Morgan fingerprint density at radius 1 is 1.15 bits per heavy atom. The Bertz CT molecular complexity index is 877. The van der Waals surface area contributed by atoms with Crippen LogP contribution in [0.1, 0.15) is 26.8 Å². The minimum absolute atomic E-state index is 0.0799. The third-order valence-electron chi connectivity index (χ3n) is 4.13. The van der Waals surface area contributed by atoms with Gasteiger partial charge in [0.25, 0.3) is 5.91 Å². The van der Waals surface area contributed by atoms with Gasteiger partial charge in [-0.3, -0.25) is 9.78 Å². The Labute approximate surface area is 157 Å². The molecule has 26 heavy (non-hydrogen) atoms. The number of aryl methyl sites for hydroxylation is 2. The van der Waals surface area contributed by atoms with Crippen molar-refractivity contribution in [3.8, 4) is 11.1 Å². The van der Waals surface area contributed by atoms with E-state index in [9.17, 15) is 9.90 Å². The van der Waals surface area contributed by atoms with E-state index in [-0.39, 0.29) is 19.1 Å². The zero-order valence-corrected chi connectivity index (χ0v) is 15.7. The average molecular weight is 367 g/mol. The van der Waals surface area contributed by atoms with Gasteiger partial charge in [-0.2, -0.15) is 0 Å². The number of nitrogens with zero attached hydrogens (tertiary/aromatic N) is 3. The first kappa shape index (κ1) is 18.2. The van der Waals surface area contributed by atoms with E-state index < -0.39 is 0 Å². The van der Waals surface area contributed by atoms with E-state index in [1.54, 1.807) is 11.1 Å². The Hall–Kier alpha value is -2.57. The third-order valence-corrected chi connectivity index (χ3v) is 4.90. The van der Waals surface area contributed by atoms with Gasteiger partial charge in [0, 0.05) is 40.6 Å². The monoisotopic (exact) mass is 367 g/mol. The van der Waals surface area contributed by atoms with Crippen molar-refractivity contribution in [2.45, 2.75) is 20.4 Å². The number of carbonyl (C=O) groups is 1. The highest BCUT2D eigenvalue weighted by Crippen LogP contribution is 2.23. The van der Waals surface area contributed by atoms with Crippen molar-refractivity contribution in [2.75, 3.05) is 13.2 Å². The summed E-state index contributed by atoms with van der Waals surface area (Å²) < 4.78 is 0. The van der Waals surface area contributed by atoms with Crippen molar-refractivity contribution in [1.82, 2.24) is 14.9 Å². The second-order valence-electron chi connectivity index (χ2n) is 6.04. The fraction of sp³-hybridized carbons (Fsp3) is 0.250. The molecule has 0 saturated heterocycles. The lowest BCUT2D eigenvalue weighted by molar-refractivity contribution is 0.0707. The van der Waals surface area contributed by atoms with Crippen LogP contribution in [0.4, 0.5) is 0 Å². The van der Waals surface area contributed by atoms with Crippen LogP contribution in [-0.2, 0) is 6.54 Å². The van der Waals surface area contributed by atoms with E-state index in [0.29, 0.717) is 12.1 Å². The Morgan fingerprint density at radius 3 is 2.54 bits per heavy atom. The predicted octanol–water partition coefficient (Wildman–Crippen LogP) is 3.46. The summed E-state index contributed by atoms with van der Waals surface area (Å²) in [5.41, 5.74) is 4.64. The summed E-state index contributed by atoms with van der Waals surface area (Å²) in [6.07, 6.45) is 1.72. The minimum Gasteiger partial charge on any atom is -0.395 e. The molecule has 0 spiro atoms. The molecular formula is C20H21N3O2S. The molecule has 2 heterocycles. The number of amides is 1. The van der Waals surface area contributed by atoms with Crippen LogP contribution in [0, 0.1) is 13.8 Å². The molecule has 0 atom stereocenters. The Morgan fingerprint density at radius 2 is 1.92 bits per heavy atom. The van der Waals surface area contributed by atoms with Gasteiger partial charge in [-0.1, -0.05) is 18.2 Å². The van der Waals surface area contributed by atoms with Crippen LogP contribution >= 0.6 is 11.3 Å². The fourth-order valence-corrected chi connectivity index (χ4v) is 3.46. The lowest BCUT2D eigenvalue weighted by atomic mass is 10.0. The molecule has 0 fully saturated rings. The first-order chi connectivity index (χ1) is 12.6. The van der Waals surface area contributed by atoms with Crippen molar-refractivity contribution in [3.05, 3.63) is 69.9 Å². The highest BCUT2D eigenvalue weighted by Gasteiger charge is 2.17. The summed E-state index contributed by atoms with van der Waals surface area (Å²) in [4.78, 5) is 23.1. The van der Waals surface area contributed by atoms with Crippen LogP contribution in [0.25, 0.3) is 11.1 Å². The summed E-state index contributed by atoms with van der Waals surface area (Å²) >= 11 is 1.50. The molecule has 0 aliphatic heterocycles. The van der Waals surface area contributed by atoms with E-state index in [1.165, 1.54) is 11.3 Å². The SMILES string of the molecule is Cc1ccc(-c2ccc(C(=O)N(CCO)Cc3nccs3)cc2)c(C)n1. The molecule has 6 heteroatoms. The lowest BCUT2D eigenvalue weighted by Crippen LogP contribution is -2.33. The summed E-state index contributed by atoms with van der Waals surface area (Å²) in [6.45, 7) is 4.56. The second kappa shape index (κ2) is 8.21. The van der Waals surface area contributed by atoms with Gasteiger partial charge in [0.15, 0.2) is 0 Å². The topological polar surface area (TPSA) is 66.3 Å². The van der Waals surface area contributed by atoms with Gasteiger partial charge in [0.05, 0.1) is 13.2 Å². The van der Waals surface area contributed by atoms with E-state index in [4.69, 9.17) is 0 Å². The van der Waals surface area contributed by atoms with E-state index in [1.807, 2.05) is 49.6 Å². The second-order valence-corrected chi connectivity index (χ2v) is 7.02. The van der Waals surface area contributed by atoms with Crippen molar-refractivity contribution >= 4 is 17.2 Å². The van der Waals surface area contributed by atoms with E-state index in [2.05, 4.69) is 16.0 Å². The zero-order valence-electron chi connectivity index (χ0n) is 14.8. The van der Waals surface area contributed by atoms with Crippen molar-refractivity contribution in [2.24, 2.45) is 0 Å². The number of aliphatic hydroxyl groups is 1. The van der Waals surface area contributed by atoms with Gasteiger partial charge in [-0.05, 0) is 37.6 Å². The summed E-state index contributed by atoms with van der Waals surface area (Å²) in [7, 11) is 0. The van der Waals surface area contributed by atoms with Gasteiger partial charge in [0.1, 0.15) is 5.01 Å². The number of aliphatic hydroxyl groups excluding tert-OH is 1.